The zero-order chi connectivity index (χ0) is 18.7. The number of nitrogens with two attached hydrogens (primary N) is 1. The quantitative estimate of drug-likeness (QED) is 0.796. The Morgan fingerprint density at radius 1 is 1.38 bits per heavy atom. The minimum atomic E-state index is -0.657. The smallest absolute Gasteiger partial charge is 0.227 e. The van der Waals surface area contributed by atoms with Gasteiger partial charge in [-0.2, -0.15) is 5.10 Å². The first kappa shape index (κ1) is 18.2. The molecule has 0 bridgehead atoms. The second-order valence-electron chi connectivity index (χ2n) is 6.80. The number of amides is 1. The fraction of sp³-hybridized carbons (Fsp3) is 0.500. The van der Waals surface area contributed by atoms with Gasteiger partial charge in [0.15, 0.2) is 5.76 Å². The van der Waals surface area contributed by atoms with Crippen molar-refractivity contribution in [3.05, 3.63) is 45.8 Å². The topological polar surface area (TPSA) is 115 Å². The minimum absolute atomic E-state index is 0.0660. The molecule has 3 N–H and O–H groups in total. The number of nitrogens with zero attached hydrogens (tertiary/aromatic N) is 3. The molecule has 0 aromatic carbocycles. The van der Waals surface area contributed by atoms with Gasteiger partial charge in [-0.1, -0.05) is 6.42 Å². The summed E-state index contributed by atoms with van der Waals surface area (Å²) >= 11 is 0. The van der Waals surface area contributed by atoms with Gasteiger partial charge in [0.1, 0.15) is 5.76 Å². The van der Waals surface area contributed by atoms with E-state index in [1.165, 1.54) is 12.5 Å². The number of likely N-dealkylation sites (tertiary alicyclic amines) is 1. The molecule has 0 aliphatic carbocycles. The molecular weight excluding hydrogens is 336 g/mol. The summed E-state index contributed by atoms with van der Waals surface area (Å²) in [7, 11) is 1.74. The molecule has 0 unspecified atom stereocenters. The Bertz CT molecular complexity index is 836. The fourth-order valence-corrected chi connectivity index (χ4v) is 3.39. The molecule has 0 radical (unpaired) electrons. The van der Waals surface area contributed by atoms with Gasteiger partial charge in [-0.25, -0.2) is 0 Å². The number of hydrogen-bond acceptors (Lipinski definition) is 6. The van der Waals surface area contributed by atoms with E-state index in [0.29, 0.717) is 17.9 Å². The Hall–Kier alpha value is -2.61. The zero-order valence-electron chi connectivity index (χ0n) is 14.9. The van der Waals surface area contributed by atoms with Gasteiger partial charge in [-0.15, -0.1) is 0 Å². The molecule has 1 saturated heterocycles. The Balaban J connectivity index is 1.97. The predicted octanol–water partition coefficient (Wildman–Crippen LogP) is 1.07. The van der Waals surface area contributed by atoms with E-state index in [9.17, 15) is 14.7 Å². The number of aryl methyl sites for hydroxylation is 1. The number of carbonyl (C=O) groups is 1. The summed E-state index contributed by atoms with van der Waals surface area (Å²) in [5.41, 5.74) is 5.51. The number of rotatable bonds is 6. The third-order valence-corrected chi connectivity index (χ3v) is 4.68. The lowest BCUT2D eigenvalue weighted by atomic mass is 9.94. The van der Waals surface area contributed by atoms with E-state index in [1.54, 1.807) is 24.1 Å². The fourth-order valence-electron chi connectivity index (χ4n) is 3.39. The van der Waals surface area contributed by atoms with Gasteiger partial charge < -0.3 is 15.3 Å². The molecule has 8 nitrogen and oxygen atoms in total. The number of aromatic nitrogens is 2. The van der Waals surface area contributed by atoms with E-state index in [1.807, 2.05) is 0 Å². The molecule has 2 aromatic rings. The van der Waals surface area contributed by atoms with Crippen LogP contribution in [0.1, 0.15) is 48.7 Å². The van der Waals surface area contributed by atoms with E-state index in [-0.39, 0.29) is 12.2 Å². The number of piperidine rings is 1. The molecule has 1 amide bonds. The van der Waals surface area contributed by atoms with Crippen LogP contribution >= 0.6 is 0 Å². The van der Waals surface area contributed by atoms with Crippen molar-refractivity contribution in [2.45, 2.75) is 38.1 Å². The van der Waals surface area contributed by atoms with Crippen LogP contribution in [0.5, 0.6) is 5.75 Å². The molecule has 0 saturated carbocycles. The average molecular weight is 360 g/mol. The first-order chi connectivity index (χ1) is 12.4. The molecule has 8 heteroatoms. The van der Waals surface area contributed by atoms with Crippen LogP contribution < -0.4 is 11.2 Å². The van der Waals surface area contributed by atoms with Crippen molar-refractivity contribution in [1.29, 1.82) is 0 Å². The zero-order valence-corrected chi connectivity index (χ0v) is 14.9. The van der Waals surface area contributed by atoms with E-state index in [0.717, 1.165) is 25.9 Å². The van der Waals surface area contributed by atoms with E-state index in [2.05, 4.69) is 10.00 Å². The van der Waals surface area contributed by atoms with Crippen molar-refractivity contribution in [3.63, 3.8) is 0 Å². The summed E-state index contributed by atoms with van der Waals surface area (Å²) in [4.78, 5) is 26.0. The Kier molecular flexibility index (Phi) is 5.41. The van der Waals surface area contributed by atoms with Crippen LogP contribution in [-0.4, -0.2) is 38.8 Å². The van der Waals surface area contributed by atoms with Crippen molar-refractivity contribution in [3.8, 4) is 5.75 Å². The second kappa shape index (κ2) is 7.74. The largest absolute Gasteiger partial charge is 0.502 e. The van der Waals surface area contributed by atoms with Crippen LogP contribution in [0.3, 0.4) is 0 Å². The highest BCUT2D eigenvalue weighted by atomic mass is 16.4. The Morgan fingerprint density at radius 2 is 2.12 bits per heavy atom. The predicted molar refractivity (Wildman–Crippen MR) is 94.6 cm³/mol. The van der Waals surface area contributed by atoms with Crippen molar-refractivity contribution in [1.82, 2.24) is 14.7 Å². The highest BCUT2D eigenvalue weighted by molar-refractivity contribution is 5.75. The van der Waals surface area contributed by atoms with Gasteiger partial charge in [0.25, 0.3) is 0 Å². The van der Waals surface area contributed by atoms with Crippen LogP contribution in [0.25, 0.3) is 0 Å². The number of aromatic hydroxyl groups is 1. The van der Waals surface area contributed by atoms with Gasteiger partial charge in [-0.05, 0) is 25.9 Å². The van der Waals surface area contributed by atoms with Crippen molar-refractivity contribution >= 4 is 5.91 Å². The third-order valence-electron chi connectivity index (χ3n) is 4.68. The molecule has 3 rings (SSSR count). The van der Waals surface area contributed by atoms with E-state index < -0.39 is 23.0 Å². The molecule has 1 aliphatic heterocycles. The first-order valence-corrected chi connectivity index (χ1v) is 8.79. The first-order valence-electron chi connectivity index (χ1n) is 8.79. The summed E-state index contributed by atoms with van der Waals surface area (Å²) in [6, 6.07) is 1.32. The lowest BCUT2D eigenvalue weighted by molar-refractivity contribution is -0.118. The maximum atomic E-state index is 12.3. The standard InChI is InChI=1S/C18H24N4O4/c1-21-10-12(9-20-21)14(8-16(19)24)18-17(25)15(23)7-13(26-18)11-22-5-3-2-4-6-22/h7,9-10,14,25H,2-6,8,11H2,1H3,(H2,19,24)/t14-/m0/s1. The SMILES string of the molecule is Cn1cc([C@H](CC(N)=O)c2oc(CN3CCCCC3)cc(=O)c2O)cn1. The third kappa shape index (κ3) is 4.13. The van der Waals surface area contributed by atoms with Crippen LogP contribution in [0.2, 0.25) is 0 Å². The van der Waals surface area contributed by atoms with Gasteiger partial charge in [-0.3, -0.25) is 19.2 Å². The van der Waals surface area contributed by atoms with Gasteiger partial charge in [0, 0.05) is 31.3 Å². The number of carbonyl (C=O) groups excluding carboxylic acids is 1. The molecule has 2 aromatic heterocycles. The highest BCUT2D eigenvalue weighted by Crippen LogP contribution is 2.32. The summed E-state index contributed by atoms with van der Waals surface area (Å²) in [6.07, 6.45) is 6.65. The van der Waals surface area contributed by atoms with Crippen LogP contribution in [-0.2, 0) is 18.4 Å². The van der Waals surface area contributed by atoms with Crippen molar-refractivity contribution in [2.24, 2.45) is 12.8 Å². The molecule has 3 heterocycles. The maximum Gasteiger partial charge on any atom is 0.227 e. The van der Waals surface area contributed by atoms with Gasteiger partial charge in [0.2, 0.25) is 17.1 Å². The number of hydrogen-bond donors (Lipinski definition) is 2. The van der Waals surface area contributed by atoms with Crippen molar-refractivity contribution in [2.75, 3.05) is 13.1 Å². The summed E-state index contributed by atoms with van der Waals surface area (Å²) in [6.45, 7) is 2.40. The molecular formula is C18H24N4O4. The minimum Gasteiger partial charge on any atom is -0.502 e. The Morgan fingerprint density at radius 3 is 2.73 bits per heavy atom. The summed E-state index contributed by atoms with van der Waals surface area (Å²) in [5, 5.41) is 14.4. The maximum absolute atomic E-state index is 12.3. The van der Waals surface area contributed by atoms with Gasteiger partial charge >= 0.3 is 0 Å². The molecule has 1 fully saturated rings. The number of primary amides is 1. The Labute approximate surface area is 151 Å². The molecule has 140 valence electrons. The molecule has 0 spiro atoms. The van der Waals surface area contributed by atoms with Crippen LogP contribution in [0.4, 0.5) is 0 Å². The van der Waals surface area contributed by atoms with E-state index >= 15 is 0 Å². The normalized spacial score (nSPS) is 16.5. The average Bonchev–Trinajstić information content (AvgIpc) is 3.03. The molecule has 1 atom stereocenters. The monoisotopic (exact) mass is 360 g/mol. The summed E-state index contributed by atoms with van der Waals surface area (Å²) < 4.78 is 7.46. The highest BCUT2D eigenvalue weighted by Gasteiger charge is 2.26. The summed E-state index contributed by atoms with van der Waals surface area (Å²) in [5.74, 6) is -1.15. The molecule has 1 aliphatic rings. The van der Waals surface area contributed by atoms with Gasteiger partial charge in [0.05, 0.1) is 18.7 Å². The van der Waals surface area contributed by atoms with Crippen molar-refractivity contribution < 1.29 is 14.3 Å². The van der Waals surface area contributed by atoms with Crippen LogP contribution in [0.15, 0.2) is 27.7 Å². The second-order valence-corrected chi connectivity index (χ2v) is 6.80. The van der Waals surface area contributed by atoms with E-state index in [4.69, 9.17) is 10.2 Å². The lowest BCUT2D eigenvalue weighted by Crippen LogP contribution is -2.29. The lowest BCUT2D eigenvalue weighted by Gasteiger charge is -2.26. The van der Waals surface area contributed by atoms with Crippen LogP contribution in [0, 0.1) is 0 Å². The molecule has 26 heavy (non-hydrogen) atoms.